The number of rotatable bonds is 7. The van der Waals surface area contributed by atoms with Crippen molar-refractivity contribution < 1.29 is 37.4 Å². The van der Waals surface area contributed by atoms with Crippen LogP contribution in [0.2, 0.25) is 0 Å². The van der Waals surface area contributed by atoms with E-state index in [4.69, 9.17) is 14.6 Å². The van der Waals surface area contributed by atoms with Crippen LogP contribution in [0.25, 0.3) is 0 Å². The van der Waals surface area contributed by atoms with Gasteiger partial charge in [-0.1, -0.05) is 0 Å². The van der Waals surface area contributed by atoms with Crippen molar-refractivity contribution in [3.05, 3.63) is 48.0 Å². The lowest BCUT2D eigenvalue weighted by molar-refractivity contribution is -0.137. The van der Waals surface area contributed by atoms with Gasteiger partial charge < -0.3 is 14.6 Å². The third-order valence-corrected chi connectivity index (χ3v) is 5.57. The van der Waals surface area contributed by atoms with E-state index in [9.17, 15) is 22.8 Å². The molecule has 3 rings (SSSR count). The van der Waals surface area contributed by atoms with Crippen molar-refractivity contribution in [3.63, 3.8) is 0 Å². The quantitative estimate of drug-likeness (QED) is 0.612. The fourth-order valence-corrected chi connectivity index (χ4v) is 3.91. The lowest BCUT2D eigenvalue weighted by Crippen LogP contribution is -2.42. The highest BCUT2D eigenvalue weighted by Crippen LogP contribution is 2.34. The maximum atomic E-state index is 12.8. The fraction of sp³-hybridized carbons (Fsp3) is 0.250. The number of carbonyl (C=O) groups excluding carboxylic acids is 2. The molecule has 1 aliphatic heterocycles. The van der Waals surface area contributed by atoms with Crippen molar-refractivity contribution in [2.75, 3.05) is 22.8 Å². The minimum absolute atomic E-state index is 0.0494. The molecule has 0 fully saturated rings. The first-order valence-corrected chi connectivity index (χ1v) is 10.7. The first-order valence-electron chi connectivity index (χ1n) is 9.19. The van der Waals surface area contributed by atoms with Crippen molar-refractivity contribution in [3.8, 4) is 5.75 Å². The summed E-state index contributed by atoms with van der Waals surface area (Å²) in [4.78, 5) is 35.8. The van der Waals surface area contributed by atoms with Gasteiger partial charge in [-0.3, -0.25) is 19.2 Å². The van der Waals surface area contributed by atoms with Crippen LogP contribution in [0, 0.1) is 0 Å². The summed E-state index contributed by atoms with van der Waals surface area (Å²) in [6.07, 6.45) is -0.286. The summed E-state index contributed by atoms with van der Waals surface area (Å²) in [6.45, 7) is 2.47. The highest BCUT2D eigenvalue weighted by molar-refractivity contribution is 7.92. The Morgan fingerprint density at radius 1 is 1.19 bits per heavy atom. The molecule has 0 spiro atoms. The number of ether oxygens (including phenoxy) is 2. The Hall–Kier alpha value is -3.60. The highest BCUT2D eigenvalue weighted by Gasteiger charge is 2.29. The van der Waals surface area contributed by atoms with Crippen LogP contribution in [0.3, 0.4) is 0 Å². The van der Waals surface area contributed by atoms with Crippen molar-refractivity contribution in [2.24, 2.45) is 0 Å². The zero-order valence-corrected chi connectivity index (χ0v) is 17.5. The number of carboxylic acids is 1. The number of carbonyl (C=O) groups is 3. The van der Waals surface area contributed by atoms with Gasteiger partial charge in [0.2, 0.25) is 0 Å². The Morgan fingerprint density at radius 3 is 2.48 bits per heavy atom. The molecule has 10 nitrogen and oxygen atoms in total. The maximum Gasteiger partial charge on any atom is 0.338 e. The molecule has 164 valence electrons. The van der Waals surface area contributed by atoms with E-state index in [-0.39, 0.29) is 40.3 Å². The molecule has 0 bridgehead atoms. The maximum absolute atomic E-state index is 12.8. The normalized spacial score (nSPS) is 13.4. The molecular weight excluding hydrogens is 428 g/mol. The monoisotopic (exact) mass is 448 g/mol. The summed E-state index contributed by atoms with van der Waals surface area (Å²) in [5.41, 5.74) is 0.521. The van der Waals surface area contributed by atoms with E-state index in [0.717, 1.165) is 4.90 Å². The Labute approximate surface area is 178 Å². The standard InChI is InChI=1S/C20H20N2O8S/c1-12(2)30-20(26)13-3-5-14(6-4-13)21-31(27,28)15-7-8-17-16(9-15)22(10-19(24)25)18(23)11-29-17/h3-9,12,21H,10-11H2,1-2H3,(H,24,25). The number of nitrogens with zero attached hydrogens (tertiary/aromatic N) is 1. The number of sulfonamides is 1. The molecule has 2 aromatic carbocycles. The molecule has 2 N–H and O–H groups in total. The van der Waals surface area contributed by atoms with Crippen LogP contribution in [0.1, 0.15) is 24.2 Å². The summed E-state index contributed by atoms with van der Waals surface area (Å²) in [5, 5.41) is 9.04. The van der Waals surface area contributed by atoms with Crippen LogP contribution in [-0.4, -0.2) is 50.6 Å². The highest BCUT2D eigenvalue weighted by atomic mass is 32.2. The molecule has 0 saturated carbocycles. The van der Waals surface area contributed by atoms with Crippen LogP contribution >= 0.6 is 0 Å². The molecule has 0 aromatic heterocycles. The van der Waals surface area contributed by atoms with Gasteiger partial charge in [-0.15, -0.1) is 0 Å². The number of anilines is 2. The Bertz CT molecular complexity index is 1130. The average Bonchev–Trinajstić information content (AvgIpc) is 2.69. The van der Waals surface area contributed by atoms with Gasteiger partial charge in [0, 0.05) is 5.69 Å². The van der Waals surface area contributed by atoms with E-state index < -0.39 is 34.4 Å². The van der Waals surface area contributed by atoms with E-state index >= 15 is 0 Å². The zero-order valence-electron chi connectivity index (χ0n) is 16.7. The van der Waals surface area contributed by atoms with Crippen LogP contribution in [0.4, 0.5) is 11.4 Å². The minimum Gasteiger partial charge on any atom is -0.482 e. The summed E-state index contributed by atoms with van der Waals surface area (Å²) < 4.78 is 38.3. The van der Waals surface area contributed by atoms with E-state index in [1.165, 1.54) is 42.5 Å². The number of esters is 1. The number of amides is 1. The summed E-state index contributed by atoms with van der Waals surface area (Å²) >= 11 is 0. The average molecular weight is 448 g/mol. The van der Waals surface area contributed by atoms with E-state index in [0.29, 0.717) is 0 Å². The second kappa shape index (κ2) is 8.64. The van der Waals surface area contributed by atoms with Gasteiger partial charge in [0.05, 0.1) is 22.3 Å². The number of fused-ring (bicyclic) bond motifs is 1. The second-order valence-corrected chi connectivity index (χ2v) is 8.61. The lowest BCUT2D eigenvalue weighted by Gasteiger charge is -2.28. The van der Waals surface area contributed by atoms with Gasteiger partial charge in [-0.2, -0.15) is 0 Å². The Morgan fingerprint density at radius 2 is 1.87 bits per heavy atom. The first-order chi connectivity index (χ1) is 14.6. The molecule has 2 aromatic rings. The van der Waals surface area contributed by atoms with Gasteiger partial charge in [-0.05, 0) is 56.3 Å². The lowest BCUT2D eigenvalue weighted by atomic mass is 10.2. The Balaban J connectivity index is 1.84. The molecular formula is C20H20N2O8S. The largest absolute Gasteiger partial charge is 0.482 e. The Kier molecular flexibility index (Phi) is 6.16. The predicted molar refractivity (Wildman–Crippen MR) is 110 cm³/mol. The van der Waals surface area contributed by atoms with E-state index in [1.54, 1.807) is 13.8 Å². The molecule has 1 amide bonds. The third kappa shape index (κ3) is 5.12. The van der Waals surface area contributed by atoms with Gasteiger partial charge in [-0.25, -0.2) is 13.2 Å². The van der Waals surface area contributed by atoms with Crippen molar-refractivity contribution in [2.45, 2.75) is 24.8 Å². The van der Waals surface area contributed by atoms with Crippen molar-refractivity contribution >= 4 is 39.2 Å². The number of benzene rings is 2. The molecule has 0 unspecified atom stereocenters. The zero-order chi connectivity index (χ0) is 22.8. The molecule has 0 aliphatic carbocycles. The van der Waals surface area contributed by atoms with Crippen LogP contribution in [-0.2, 0) is 24.3 Å². The summed E-state index contributed by atoms with van der Waals surface area (Å²) in [7, 11) is -4.08. The topological polar surface area (TPSA) is 139 Å². The number of hydrogen-bond acceptors (Lipinski definition) is 7. The number of hydrogen-bond donors (Lipinski definition) is 2. The predicted octanol–water partition coefficient (Wildman–Crippen LogP) is 1.86. The minimum atomic E-state index is -4.08. The molecule has 1 aliphatic rings. The van der Waals surface area contributed by atoms with Crippen molar-refractivity contribution in [1.82, 2.24) is 0 Å². The SMILES string of the molecule is CC(C)OC(=O)c1ccc(NS(=O)(=O)c2ccc3c(c2)N(CC(=O)O)C(=O)CO3)cc1. The summed E-state index contributed by atoms with van der Waals surface area (Å²) in [5.74, 6) is -2.17. The van der Waals surface area contributed by atoms with Crippen LogP contribution in [0.5, 0.6) is 5.75 Å². The van der Waals surface area contributed by atoms with Gasteiger partial charge >= 0.3 is 11.9 Å². The number of carboxylic acid groups (broad SMARTS) is 1. The van der Waals surface area contributed by atoms with Crippen LogP contribution < -0.4 is 14.4 Å². The van der Waals surface area contributed by atoms with Gasteiger partial charge in [0.15, 0.2) is 6.61 Å². The smallest absolute Gasteiger partial charge is 0.338 e. The van der Waals surface area contributed by atoms with Crippen molar-refractivity contribution in [1.29, 1.82) is 0 Å². The molecule has 1 heterocycles. The van der Waals surface area contributed by atoms with Gasteiger partial charge in [0.25, 0.3) is 15.9 Å². The summed E-state index contributed by atoms with van der Waals surface area (Å²) in [6, 6.07) is 9.49. The first kappa shape index (κ1) is 22.1. The number of aliphatic carboxylic acids is 1. The number of nitrogens with one attached hydrogen (secondary N) is 1. The molecule has 0 radical (unpaired) electrons. The molecule has 31 heavy (non-hydrogen) atoms. The molecule has 0 atom stereocenters. The molecule has 11 heteroatoms. The van der Waals surface area contributed by atoms with Crippen LogP contribution in [0.15, 0.2) is 47.4 Å². The fourth-order valence-electron chi connectivity index (χ4n) is 2.83. The van der Waals surface area contributed by atoms with Gasteiger partial charge in [0.1, 0.15) is 12.3 Å². The second-order valence-electron chi connectivity index (χ2n) is 6.93. The molecule has 0 saturated heterocycles. The third-order valence-electron chi connectivity index (χ3n) is 4.19. The van der Waals surface area contributed by atoms with E-state index in [2.05, 4.69) is 4.72 Å². The van der Waals surface area contributed by atoms with E-state index in [1.807, 2.05) is 0 Å².